The Morgan fingerprint density at radius 3 is 2.11 bits per heavy atom. The van der Waals surface area contributed by atoms with Gasteiger partial charge >= 0.3 is 6.09 Å². The highest BCUT2D eigenvalue weighted by Crippen LogP contribution is 2.40. The van der Waals surface area contributed by atoms with Crippen LogP contribution in [0.3, 0.4) is 0 Å². The largest absolute Gasteiger partial charge is 0.493 e. The molecule has 3 amide bonds. The summed E-state index contributed by atoms with van der Waals surface area (Å²) in [6.07, 6.45) is 1.60. The summed E-state index contributed by atoms with van der Waals surface area (Å²) >= 11 is 1.98. The van der Waals surface area contributed by atoms with E-state index in [-0.39, 0.29) is 46.8 Å². The second-order valence-electron chi connectivity index (χ2n) is 18.2. The Morgan fingerprint density at radius 2 is 1.54 bits per heavy atom. The first-order valence-corrected chi connectivity index (χ1v) is 24.4. The number of unbranched alkanes of at least 4 members (excludes halogenated alkanes) is 1. The Balaban J connectivity index is 2.47. The molecule has 0 bridgehead atoms. The summed E-state index contributed by atoms with van der Waals surface area (Å²) in [5.74, 6) is 2.11. The van der Waals surface area contributed by atoms with Gasteiger partial charge in [0.05, 0.1) is 12.2 Å². The maximum atomic E-state index is 14.1. The zero-order valence-corrected chi connectivity index (χ0v) is 38.9. The van der Waals surface area contributed by atoms with Crippen molar-refractivity contribution in [2.24, 2.45) is 35.0 Å². The average Bonchev–Trinajstić information content (AvgIpc) is 3.08. The normalized spacial score (nSPS) is 16.9. The van der Waals surface area contributed by atoms with Crippen LogP contribution in [0.2, 0.25) is 13.1 Å². The molecule has 0 spiro atoms. The lowest BCUT2D eigenvalue weighted by molar-refractivity contribution is -0.127. The number of methoxy groups -OCH3 is 1. The number of nitrogens with zero attached hydrogens (tertiary/aromatic N) is 1. The van der Waals surface area contributed by atoms with Gasteiger partial charge in [-0.25, -0.2) is 4.79 Å². The first-order valence-electron chi connectivity index (χ1n) is 20.8. The van der Waals surface area contributed by atoms with Crippen molar-refractivity contribution in [3.63, 3.8) is 0 Å². The summed E-state index contributed by atoms with van der Waals surface area (Å²) in [4.78, 5) is 44.1. The molecule has 1 saturated heterocycles. The third kappa shape index (κ3) is 18.5. The van der Waals surface area contributed by atoms with Crippen molar-refractivity contribution in [3.8, 4) is 5.75 Å². The van der Waals surface area contributed by atoms with Crippen molar-refractivity contribution in [3.05, 3.63) is 29.8 Å². The number of rotatable bonds is 23. The number of amides is 3. The summed E-state index contributed by atoms with van der Waals surface area (Å²) in [5.41, 5.74) is -0.557. The molecule has 321 valence electrons. The molecular weight excluding hydrogens is 745 g/mol. The molecule has 3 N–H and O–H groups in total. The molecule has 1 aliphatic rings. The third-order valence-corrected chi connectivity index (χ3v) is 12.0. The quantitative estimate of drug-likeness (QED) is 0.0575. The zero-order valence-electron chi connectivity index (χ0n) is 37.0. The van der Waals surface area contributed by atoms with E-state index in [1.54, 1.807) is 13.2 Å². The number of carbonyl (C=O) groups excluding carboxylic acids is 3. The van der Waals surface area contributed by atoms with Gasteiger partial charge < -0.3 is 34.6 Å². The lowest BCUT2D eigenvalue weighted by atomic mass is 9.67. The lowest BCUT2D eigenvalue weighted by Crippen LogP contribution is -2.53. The van der Waals surface area contributed by atoms with Gasteiger partial charge in [0.2, 0.25) is 14.9 Å². The van der Waals surface area contributed by atoms with Crippen molar-refractivity contribution in [2.75, 3.05) is 58.0 Å². The molecule has 1 aromatic rings. The van der Waals surface area contributed by atoms with Crippen molar-refractivity contribution in [2.45, 2.75) is 126 Å². The second kappa shape index (κ2) is 24.6. The third-order valence-electron chi connectivity index (χ3n) is 10.3. The highest BCUT2D eigenvalue weighted by Gasteiger charge is 2.41. The number of thioether (sulfide) groups is 1. The van der Waals surface area contributed by atoms with Crippen LogP contribution in [-0.4, -0.2) is 108 Å². The van der Waals surface area contributed by atoms with Gasteiger partial charge in [-0.05, 0) is 94.8 Å². The molecule has 0 aromatic heterocycles. The number of alkyl carbamates (subject to hydrolysis) is 1. The molecule has 1 aromatic carbocycles. The van der Waals surface area contributed by atoms with Gasteiger partial charge in [-0.3, -0.25) is 14.5 Å². The van der Waals surface area contributed by atoms with E-state index in [0.29, 0.717) is 43.9 Å². The minimum absolute atomic E-state index is 0.0503. The van der Waals surface area contributed by atoms with E-state index in [0.717, 1.165) is 44.0 Å². The summed E-state index contributed by atoms with van der Waals surface area (Å²) in [7, 11) is 0.397. The molecule has 0 aliphatic carbocycles. The smallest absolute Gasteiger partial charge is 0.407 e. The van der Waals surface area contributed by atoms with Crippen LogP contribution in [0, 0.1) is 35.0 Å². The van der Waals surface area contributed by atoms with Crippen LogP contribution < -0.4 is 20.7 Å². The van der Waals surface area contributed by atoms with Crippen LogP contribution in [0.25, 0.3) is 0 Å². The first kappa shape index (κ1) is 49.8. The number of hydrogen-bond acceptors (Lipinski definition) is 9. The predicted molar refractivity (Wildman–Crippen MR) is 232 cm³/mol. The molecule has 5 atom stereocenters. The van der Waals surface area contributed by atoms with E-state index < -0.39 is 33.0 Å². The summed E-state index contributed by atoms with van der Waals surface area (Å²) < 4.78 is 23.7. The lowest BCUT2D eigenvalue weighted by Gasteiger charge is -2.43. The summed E-state index contributed by atoms with van der Waals surface area (Å²) in [6.45, 7) is 29.4. The number of nitrogens with one attached hydrogen (secondary N) is 3. The summed E-state index contributed by atoms with van der Waals surface area (Å²) in [6, 6.07) is 6.89. The molecule has 1 fully saturated rings. The monoisotopic (exact) mass is 822 g/mol. The van der Waals surface area contributed by atoms with Crippen LogP contribution in [0.15, 0.2) is 24.3 Å². The van der Waals surface area contributed by atoms with Gasteiger partial charge in [0, 0.05) is 69.3 Å². The van der Waals surface area contributed by atoms with Gasteiger partial charge in [-0.1, -0.05) is 60.6 Å². The minimum Gasteiger partial charge on any atom is -0.493 e. The van der Waals surface area contributed by atoms with Crippen LogP contribution in [-0.2, 0) is 18.7 Å². The highest BCUT2D eigenvalue weighted by molar-refractivity contribution is 7.99. The molecule has 11 nitrogen and oxygen atoms in total. The van der Waals surface area contributed by atoms with E-state index in [1.807, 2.05) is 50.7 Å². The number of ether oxygens (including phenoxy) is 3. The van der Waals surface area contributed by atoms with Crippen LogP contribution in [0.4, 0.5) is 4.79 Å². The molecule has 56 heavy (non-hydrogen) atoms. The Kier molecular flexibility index (Phi) is 21.9. The molecule has 1 aliphatic heterocycles. The van der Waals surface area contributed by atoms with Crippen molar-refractivity contribution < 1.29 is 33.0 Å². The average molecular weight is 822 g/mol. The fourth-order valence-electron chi connectivity index (χ4n) is 7.19. The predicted octanol–water partition coefficient (Wildman–Crippen LogP) is 7.86. The van der Waals surface area contributed by atoms with Gasteiger partial charge in [0.15, 0.2) is 0 Å². The molecule has 13 heteroatoms. The number of para-hydroxylation sites is 1. The van der Waals surface area contributed by atoms with Crippen LogP contribution in [0.5, 0.6) is 5.75 Å². The Bertz CT molecular complexity index is 1310. The Morgan fingerprint density at radius 1 is 0.893 bits per heavy atom. The van der Waals surface area contributed by atoms with Gasteiger partial charge in [0.25, 0.3) is 5.91 Å². The minimum atomic E-state index is -1.28. The molecule has 2 rings (SSSR count). The van der Waals surface area contributed by atoms with Gasteiger partial charge in [0.1, 0.15) is 17.6 Å². The maximum Gasteiger partial charge on any atom is 0.407 e. The van der Waals surface area contributed by atoms with Crippen molar-refractivity contribution in [1.29, 1.82) is 0 Å². The van der Waals surface area contributed by atoms with Gasteiger partial charge in [-0.15, -0.1) is 0 Å². The van der Waals surface area contributed by atoms with Crippen LogP contribution in [0.1, 0.15) is 105 Å². The Labute approximate surface area is 346 Å². The van der Waals surface area contributed by atoms with Crippen molar-refractivity contribution in [1.82, 2.24) is 20.9 Å². The van der Waals surface area contributed by atoms with E-state index in [4.69, 9.17) is 18.6 Å². The first-order chi connectivity index (χ1) is 26.2. The second-order valence-corrected chi connectivity index (χ2v) is 21.4. The van der Waals surface area contributed by atoms with Gasteiger partial charge in [-0.2, -0.15) is 11.8 Å². The van der Waals surface area contributed by atoms with Crippen LogP contribution >= 0.6 is 11.8 Å². The van der Waals surface area contributed by atoms with E-state index in [1.165, 1.54) is 0 Å². The molecule has 0 saturated carbocycles. The molecule has 1 radical (unpaired) electrons. The molecule has 1 heterocycles. The fourth-order valence-corrected chi connectivity index (χ4v) is 8.91. The fraction of sp³-hybridized carbons (Fsp3) is 0.791. The molecule has 1 unspecified atom stereocenters. The number of benzene rings is 1. The topological polar surface area (TPSA) is 127 Å². The number of carbonyl (C=O) groups is 3. The SMILES string of the molecule is COCCCCOc1ccccc1C(=O)NC(O[Si](C)C)[C@@H](C[C@H](NC(=O)OC(C)(C)C)[C@@H](C[C@H](C(=O)NCCN1CCSCC1)C(C)C)C(C)(C)C)C(C)C. The summed E-state index contributed by atoms with van der Waals surface area (Å²) in [5, 5.41) is 9.80. The van der Waals surface area contributed by atoms with E-state index in [9.17, 15) is 14.4 Å². The standard InChI is InChI=1S/C43H77N4O7SSi/c1-30(2)33(38(48)44-20-21-47-22-26-55-27-23-47)28-35(42(5,6)7)36(45-41(50)53-43(8,9)10)29-34(31(3)4)40(54-56(12)13)46-39(49)32-18-14-15-19-37(32)52-25-17-16-24-51-11/h14-15,18-19,30-31,33-36,40H,16-17,20-29H2,1-13H3,(H,44,48)(H,45,50)(H,46,49)/t33-,34-,35+,36-,40?/m0/s1. The maximum absolute atomic E-state index is 14.1. The highest BCUT2D eigenvalue weighted by atomic mass is 32.2. The van der Waals surface area contributed by atoms with E-state index in [2.05, 4.69) is 82.4 Å². The molecular formula is C43H77N4O7SSi. The van der Waals surface area contributed by atoms with Crippen molar-refractivity contribution >= 4 is 38.7 Å². The Hall–Kier alpha value is -2.32. The van der Waals surface area contributed by atoms with E-state index >= 15 is 0 Å². The number of hydrogen-bond donors (Lipinski definition) is 3. The zero-order chi connectivity index (χ0) is 42.1.